The van der Waals surface area contributed by atoms with Crippen LogP contribution < -0.4 is 14.2 Å². The number of hydrogen-bond acceptors (Lipinski definition) is 8. The van der Waals surface area contributed by atoms with E-state index >= 15 is 0 Å². The highest BCUT2D eigenvalue weighted by Crippen LogP contribution is 2.44. The Kier molecular flexibility index (Phi) is 3.15. The first-order valence-corrected chi connectivity index (χ1v) is 6.98. The summed E-state index contributed by atoms with van der Waals surface area (Å²) in [6.07, 6.45) is 1.41. The van der Waals surface area contributed by atoms with Crippen molar-refractivity contribution in [2.24, 2.45) is 0 Å². The molecule has 0 amide bonds. The summed E-state index contributed by atoms with van der Waals surface area (Å²) in [6, 6.07) is 3.60. The van der Waals surface area contributed by atoms with Crippen LogP contribution in [0, 0.1) is 0 Å². The third-order valence-electron chi connectivity index (χ3n) is 3.66. The second kappa shape index (κ2) is 5.33. The number of rotatable bonds is 4. The van der Waals surface area contributed by atoms with Crippen molar-refractivity contribution in [2.45, 2.75) is 0 Å². The van der Waals surface area contributed by atoms with E-state index in [0.717, 1.165) is 0 Å². The van der Waals surface area contributed by atoms with Gasteiger partial charge >= 0.3 is 0 Å². The molecule has 3 heterocycles. The molecule has 0 fully saturated rings. The third-order valence-corrected chi connectivity index (χ3v) is 3.66. The second-order valence-electron chi connectivity index (χ2n) is 4.81. The number of benzene rings is 1. The number of aromatic amines is 1. The molecule has 0 aliphatic rings. The van der Waals surface area contributed by atoms with E-state index in [2.05, 4.69) is 30.5 Å². The number of nitrogens with one attached hydrogen (secondary N) is 1. The van der Waals surface area contributed by atoms with Crippen LogP contribution in [-0.2, 0) is 0 Å². The fraction of sp³-hybridized carbons (Fsp3) is 0.214. The molecule has 1 N–H and O–H groups in total. The van der Waals surface area contributed by atoms with Crippen molar-refractivity contribution >= 4 is 16.9 Å². The van der Waals surface area contributed by atoms with Crippen molar-refractivity contribution in [2.75, 3.05) is 21.3 Å². The van der Waals surface area contributed by atoms with Crippen LogP contribution in [0.15, 0.2) is 18.5 Å². The minimum Gasteiger partial charge on any atom is -0.493 e. The fourth-order valence-corrected chi connectivity index (χ4v) is 2.62. The number of methoxy groups -OCH3 is 3. The molecule has 0 bridgehead atoms. The third kappa shape index (κ3) is 1.86. The molecular weight excluding hydrogens is 314 g/mol. The average molecular weight is 327 g/mol. The molecule has 122 valence electrons. The van der Waals surface area contributed by atoms with E-state index in [9.17, 15) is 0 Å². The number of nitrogens with zero attached hydrogens (tertiary/aromatic N) is 6. The lowest BCUT2D eigenvalue weighted by molar-refractivity contribution is 0.325. The maximum absolute atomic E-state index is 5.54. The van der Waals surface area contributed by atoms with E-state index in [1.165, 1.54) is 10.8 Å². The van der Waals surface area contributed by atoms with Gasteiger partial charge in [0.2, 0.25) is 11.4 Å². The molecule has 1 aromatic carbocycles. The first-order chi connectivity index (χ1) is 11.8. The molecular formula is C14H13N7O3. The molecule has 0 aliphatic heterocycles. The van der Waals surface area contributed by atoms with Crippen molar-refractivity contribution in [1.29, 1.82) is 0 Å². The quantitative estimate of drug-likeness (QED) is 0.592. The van der Waals surface area contributed by atoms with Crippen LogP contribution in [0.4, 0.5) is 0 Å². The standard InChI is InChI=1S/C14H13N7O3/c1-22-8-5-4-7(11(23-2)12(8)24-3)9-10-13(19-20-18-10)21-14(17-9)15-6-16-21/h4-6H,1-3H3,(H,18,19,20). The van der Waals surface area contributed by atoms with Crippen LogP contribution in [-0.4, -0.2) is 56.3 Å². The summed E-state index contributed by atoms with van der Waals surface area (Å²) >= 11 is 0. The van der Waals surface area contributed by atoms with Crippen LogP contribution in [0.1, 0.15) is 0 Å². The van der Waals surface area contributed by atoms with Gasteiger partial charge in [-0.1, -0.05) is 0 Å². The van der Waals surface area contributed by atoms with E-state index in [-0.39, 0.29) is 0 Å². The molecule has 0 saturated heterocycles. The Morgan fingerprint density at radius 1 is 1.00 bits per heavy atom. The summed E-state index contributed by atoms with van der Waals surface area (Å²) in [7, 11) is 4.66. The molecule has 0 unspecified atom stereocenters. The second-order valence-corrected chi connectivity index (χ2v) is 4.81. The van der Waals surface area contributed by atoms with Gasteiger partial charge in [0.25, 0.3) is 5.78 Å². The highest BCUT2D eigenvalue weighted by Gasteiger charge is 2.22. The molecule has 24 heavy (non-hydrogen) atoms. The molecule has 10 heteroatoms. The number of H-pyrrole nitrogens is 1. The van der Waals surface area contributed by atoms with E-state index in [1.807, 2.05) is 6.07 Å². The molecule has 10 nitrogen and oxygen atoms in total. The van der Waals surface area contributed by atoms with Crippen molar-refractivity contribution in [3.8, 4) is 28.5 Å². The maximum atomic E-state index is 5.54. The SMILES string of the molecule is COc1ccc(-c2nc3ncnn3c3n[nH]nc23)c(OC)c1OC. The predicted octanol–water partition coefficient (Wildman–Crippen LogP) is 1.09. The molecule has 4 rings (SSSR count). The molecule has 3 aromatic heterocycles. The van der Waals surface area contributed by atoms with E-state index < -0.39 is 0 Å². The Morgan fingerprint density at radius 3 is 2.58 bits per heavy atom. The molecule has 0 spiro atoms. The molecule has 4 aromatic rings. The lowest BCUT2D eigenvalue weighted by atomic mass is 10.1. The smallest absolute Gasteiger partial charge is 0.254 e. The van der Waals surface area contributed by atoms with Gasteiger partial charge in [0.15, 0.2) is 17.0 Å². The number of aromatic nitrogens is 7. The fourth-order valence-electron chi connectivity index (χ4n) is 2.62. The monoisotopic (exact) mass is 327 g/mol. The first-order valence-electron chi connectivity index (χ1n) is 6.98. The Labute approximate surface area is 135 Å². The Morgan fingerprint density at radius 2 is 1.83 bits per heavy atom. The van der Waals surface area contributed by atoms with Gasteiger partial charge in [-0.3, -0.25) is 0 Å². The van der Waals surface area contributed by atoms with Crippen LogP contribution in [0.5, 0.6) is 17.2 Å². The van der Waals surface area contributed by atoms with Crippen LogP contribution in [0.2, 0.25) is 0 Å². The van der Waals surface area contributed by atoms with Gasteiger partial charge < -0.3 is 14.2 Å². The topological polar surface area (TPSA) is 112 Å². The number of ether oxygens (including phenoxy) is 3. The van der Waals surface area contributed by atoms with Gasteiger partial charge in [0, 0.05) is 5.56 Å². The van der Waals surface area contributed by atoms with Gasteiger partial charge in [-0.15, -0.1) is 5.10 Å². The summed E-state index contributed by atoms with van der Waals surface area (Å²) in [5, 5.41) is 15.0. The van der Waals surface area contributed by atoms with Crippen LogP contribution >= 0.6 is 0 Å². The zero-order chi connectivity index (χ0) is 16.7. The highest BCUT2D eigenvalue weighted by molar-refractivity contribution is 5.91. The van der Waals surface area contributed by atoms with E-state index in [1.54, 1.807) is 27.4 Å². The summed E-state index contributed by atoms with van der Waals surface area (Å²) in [4.78, 5) is 8.66. The lowest BCUT2D eigenvalue weighted by Gasteiger charge is -2.15. The van der Waals surface area contributed by atoms with Crippen LogP contribution in [0.3, 0.4) is 0 Å². The van der Waals surface area contributed by atoms with Crippen molar-refractivity contribution in [1.82, 2.24) is 35.0 Å². The lowest BCUT2D eigenvalue weighted by Crippen LogP contribution is -2.00. The normalized spacial score (nSPS) is 11.1. The summed E-state index contributed by atoms with van der Waals surface area (Å²) in [6.45, 7) is 0. The van der Waals surface area contributed by atoms with Crippen molar-refractivity contribution in [3.05, 3.63) is 18.5 Å². The van der Waals surface area contributed by atoms with Gasteiger partial charge in [0.05, 0.1) is 21.3 Å². The molecule has 0 aliphatic carbocycles. The Balaban J connectivity index is 2.08. The van der Waals surface area contributed by atoms with Crippen molar-refractivity contribution in [3.63, 3.8) is 0 Å². The first kappa shape index (κ1) is 14.2. The summed E-state index contributed by atoms with van der Waals surface area (Å²) in [5.41, 5.74) is 2.29. The largest absolute Gasteiger partial charge is 0.493 e. The molecule has 0 atom stereocenters. The number of fused-ring (bicyclic) bond motifs is 3. The summed E-state index contributed by atoms with van der Waals surface area (Å²) < 4.78 is 17.8. The number of hydrogen-bond donors (Lipinski definition) is 1. The van der Waals surface area contributed by atoms with Crippen LogP contribution in [0.25, 0.3) is 28.2 Å². The molecule has 0 radical (unpaired) electrons. The van der Waals surface area contributed by atoms with Gasteiger partial charge in [0.1, 0.15) is 12.0 Å². The van der Waals surface area contributed by atoms with E-state index in [0.29, 0.717) is 45.4 Å². The summed E-state index contributed by atoms with van der Waals surface area (Å²) in [5.74, 6) is 1.91. The maximum Gasteiger partial charge on any atom is 0.254 e. The molecule has 0 saturated carbocycles. The highest BCUT2D eigenvalue weighted by atomic mass is 16.5. The minimum absolute atomic E-state index is 0.406. The van der Waals surface area contributed by atoms with Gasteiger partial charge in [-0.05, 0) is 12.1 Å². The van der Waals surface area contributed by atoms with Gasteiger partial charge in [-0.2, -0.15) is 24.9 Å². The average Bonchev–Trinajstić information content (AvgIpc) is 3.27. The van der Waals surface area contributed by atoms with Gasteiger partial charge in [-0.25, -0.2) is 4.98 Å². The zero-order valence-electron chi connectivity index (χ0n) is 13.1. The van der Waals surface area contributed by atoms with Crippen molar-refractivity contribution < 1.29 is 14.2 Å². The Bertz CT molecular complexity index is 1040. The minimum atomic E-state index is 0.406. The predicted molar refractivity (Wildman–Crippen MR) is 83.3 cm³/mol. The zero-order valence-corrected chi connectivity index (χ0v) is 13.1. The Hall–Kier alpha value is -3.43. The van der Waals surface area contributed by atoms with E-state index in [4.69, 9.17) is 14.2 Å².